The van der Waals surface area contributed by atoms with Gasteiger partial charge in [-0.1, -0.05) is 6.07 Å². The van der Waals surface area contributed by atoms with Crippen molar-refractivity contribution in [1.29, 1.82) is 0 Å². The molecule has 3 amide bonds. The van der Waals surface area contributed by atoms with Crippen LogP contribution in [0.3, 0.4) is 0 Å². The maximum absolute atomic E-state index is 13.6. The Morgan fingerprint density at radius 2 is 1.74 bits per heavy atom. The number of carbonyl (C=O) groups is 3. The van der Waals surface area contributed by atoms with E-state index >= 15 is 0 Å². The molecule has 4 heterocycles. The van der Waals surface area contributed by atoms with Gasteiger partial charge in [0.25, 0.3) is 17.4 Å². The molecule has 2 aromatic carbocycles. The van der Waals surface area contributed by atoms with Gasteiger partial charge in [0.1, 0.15) is 5.56 Å². The van der Waals surface area contributed by atoms with Crippen LogP contribution < -0.4 is 26.4 Å². The van der Waals surface area contributed by atoms with Crippen LogP contribution in [0.4, 0.5) is 20.3 Å². The maximum Gasteiger partial charge on any atom is 0.266 e. The van der Waals surface area contributed by atoms with Crippen LogP contribution in [0.25, 0.3) is 0 Å². The number of aromatic nitrogens is 4. The fourth-order valence-corrected chi connectivity index (χ4v) is 5.44. The first-order chi connectivity index (χ1) is 22.3. The molecule has 0 unspecified atom stereocenters. The third-order valence-corrected chi connectivity index (χ3v) is 7.95. The standard InChI is InChI=1S/C31H31F2N9O4/c32-24-6-1-19(13-25(24)33)15-42-18-35-14-22(31(42)46)30(45)36-8-7-27(43)41-16-23-26(17-41)38-39-28(23)37-29(44)20-2-4-21(5-3-20)40-11-9-34-10-12-40/h1-6,13-14,18,34H,7-12,15-17H2,(H,36,45)(H2,37,38,39,44). The predicted octanol–water partition coefficient (Wildman–Crippen LogP) is 1.62. The Morgan fingerprint density at radius 3 is 2.50 bits per heavy atom. The molecule has 1 saturated heterocycles. The Balaban J connectivity index is 0.997. The lowest BCUT2D eigenvalue weighted by atomic mass is 10.1. The molecule has 2 aliphatic heterocycles. The second kappa shape index (κ2) is 13.3. The molecule has 4 N–H and O–H groups in total. The van der Waals surface area contributed by atoms with Crippen LogP contribution in [0, 0.1) is 11.6 Å². The number of piperazine rings is 1. The summed E-state index contributed by atoms with van der Waals surface area (Å²) in [5.74, 6) is -2.98. The van der Waals surface area contributed by atoms with E-state index in [1.807, 2.05) is 12.1 Å². The number of anilines is 2. The van der Waals surface area contributed by atoms with Crippen molar-refractivity contribution >= 4 is 29.2 Å². The number of hydrogen-bond acceptors (Lipinski definition) is 8. The van der Waals surface area contributed by atoms with Gasteiger partial charge in [0.15, 0.2) is 17.5 Å². The van der Waals surface area contributed by atoms with E-state index in [1.54, 1.807) is 17.0 Å². The summed E-state index contributed by atoms with van der Waals surface area (Å²) in [6.07, 6.45) is 2.27. The van der Waals surface area contributed by atoms with E-state index < -0.39 is 23.1 Å². The van der Waals surface area contributed by atoms with E-state index in [2.05, 4.69) is 36.0 Å². The van der Waals surface area contributed by atoms with Gasteiger partial charge in [0.05, 0.1) is 31.7 Å². The summed E-state index contributed by atoms with van der Waals surface area (Å²) in [4.78, 5) is 59.1. The molecule has 0 bridgehead atoms. The second-order valence-electron chi connectivity index (χ2n) is 11.0. The third-order valence-electron chi connectivity index (χ3n) is 7.95. The van der Waals surface area contributed by atoms with Crippen molar-refractivity contribution in [2.75, 3.05) is 42.9 Å². The van der Waals surface area contributed by atoms with Gasteiger partial charge in [0, 0.05) is 62.2 Å². The van der Waals surface area contributed by atoms with Crippen molar-refractivity contribution in [3.05, 3.63) is 105 Å². The van der Waals surface area contributed by atoms with Crippen molar-refractivity contribution in [2.45, 2.75) is 26.1 Å². The summed E-state index contributed by atoms with van der Waals surface area (Å²) in [7, 11) is 0. The highest BCUT2D eigenvalue weighted by atomic mass is 19.2. The highest BCUT2D eigenvalue weighted by Crippen LogP contribution is 2.28. The molecule has 0 aliphatic carbocycles. The number of H-pyrrole nitrogens is 1. The number of halogens is 2. The van der Waals surface area contributed by atoms with E-state index in [4.69, 9.17) is 0 Å². The number of rotatable bonds is 9. The summed E-state index contributed by atoms with van der Waals surface area (Å²) in [6, 6.07) is 10.7. The summed E-state index contributed by atoms with van der Waals surface area (Å²) >= 11 is 0. The fraction of sp³-hybridized carbons (Fsp3) is 0.290. The molecule has 2 aliphatic rings. The Morgan fingerprint density at radius 1 is 0.957 bits per heavy atom. The number of amides is 3. The van der Waals surface area contributed by atoms with Crippen LogP contribution in [-0.2, 0) is 24.4 Å². The molecule has 46 heavy (non-hydrogen) atoms. The molecule has 6 rings (SSSR count). The summed E-state index contributed by atoms with van der Waals surface area (Å²) in [5.41, 5.74) is 2.36. The quantitative estimate of drug-likeness (QED) is 0.217. The second-order valence-corrected chi connectivity index (χ2v) is 11.0. The van der Waals surface area contributed by atoms with Gasteiger partial charge >= 0.3 is 0 Å². The van der Waals surface area contributed by atoms with Crippen molar-refractivity contribution < 1.29 is 23.2 Å². The minimum atomic E-state index is -1.05. The third kappa shape index (κ3) is 6.63. The summed E-state index contributed by atoms with van der Waals surface area (Å²) in [5, 5.41) is 15.8. The minimum absolute atomic E-state index is 0.0339. The molecule has 13 nitrogen and oxygen atoms in total. The number of benzene rings is 2. The zero-order valence-corrected chi connectivity index (χ0v) is 24.7. The van der Waals surface area contributed by atoms with Crippen LogP contribution in [0.15, 0.2) is 59.8 Å². The fourth-order valence-electron chi connectivity index (χ4n) is 5.44. The van der Waals surface area contributed by atoms with Gasteiger partial charge in [-0.05, 0) is 42.0 Å². The monoisotopic (exact) mass is 631 g/mol. The first kappa shape index (κ1) is 30.6. The summed E-state index contributed by atoms with van der Waals surface area (Å²) < 4.78 is 27.9. The van der Waals surface area contributed by atoms with Gasteiger partial charge in [0.2, 0.25) is 5.91 Å². The van der Waals surface area contributed by atoms with Gasteiger partial charge in [-0.25, -0.2) is 13.8 Å². The Bertz CT molecular complexity index is 1830. The highest BCUT2D eigenvalue weighted by Gasteiger charge is 2.29. The molecular weight excluding hydrogens is 600 g/mol. The zero-order valence-electron chi connectivity index (χ0n) is 24.7. The number of hydrogen-bond donors (Lipinski definition) is 4. The summed E-state index contributed by atoms with van der Waals surface area (Å²) in [6.45, 7) is 3.99. The molecule has 4 aromatic rings. The molecule has 0 spiro atoms. The maximum atomic E-state index is 13.6. The largest absolute Gasteiger partial charge is 0.369 e. The van der Waals surface area contributed by atoms with Crippen molar-refractivity contribution in [3.8, 4) is 0 Å². The Labute approximate surface area is 261 Å². The van der Waals surface area contributed by atoms with Crippen molar-refractivity contribution in [3.63, 3.8) is 0 Å². The molecule has 2 aromatic heterocycles. The van der Waals surface area contributed by atoms with Crippen LogP contribution >= 0.6 is 0 Å². The minimum Gasteiger partial charge on any atom is -0.369 e. The van der Waals surface area contributed by atoms with Crippen LogP contribution in [0.2, 0.25) is 0 Å². The molecular formula is C31H31F2N9O4. The number of aromatic amines is 1. The van der Waals surface area contributed by atoms with E-state index in [1.165, 1.54) is 12.4 Å². The molecule has 0 radical (unpaired) electrons. The van der Waals surface area contributed by atoms with Crippen LogP contribution in [-0.4, -0.2) is 75.1 Å². The molecule has 238 valence electrons. The van der Waals surface area contributed by atoms with Gasteiger partial charge in [-0.2, -0.15) is 5.10 Å². The first-order valence-corrected chi connectivity index (χ1v) is 14.7. The van der Waals surface area contributed by atoms with E-state index in [9.17, 15) is 28.0 Å². The SMILES string of the molecule is O=C(Nc1n[nH]c2c1CN(C(=O)CCNC(=O)c1cncn(Cc3ccc(F)c(F)c3)c1=O)C2)c1ccc(N2CCNCC2)cc1. The van der Waals surface area contributed by atoms with Crippen molar-refractivity contribution in [2.24, 2.45) is 0 Å². The Hall–Kier alpha value is -5.44. The molecule has 15 heteroatoms. The van der Waals surface area contributed by atoms with E-state index in [0.717, 1.165) is 54.8 Å². The van der Waals surface area contributed by atoms with Crippen LogP contribution in [0.1, 0.15) is 44.0 Å². The topological polar surface area (TPSA) is 157 Å². The molecule has 0 saturated carbocycles. The molecule has 1 fully saturated rings. The van der Waals surface area contributed by atoms with Gasteiger partial charge in [-0.15, -0.1) is 0 Å². The highest BCUT2D eigenvalue weighted by molar-refractivity contribution is 6.04. The lowest BCUT2D eigenvalue weighted by molar-refractivity contribution is -0.131. The van der Waals surface area contributed by atoms with Crippen LogP contribution in [0.5, 0.6) is 0 Å². The number of nitrogens with zero attached hydrogens (tertiary/aromatic N) is 5. The normalized spacial score (nSPS) is 14.2. The average molecular weight is 632 g/mol. The average Bonchev–Trinajstić information content (AvgIpc) is 3.66. The van der Waals surface area contributed by atoms with Crippen molar-refractivity contribution in [1.82, 2.24) is 35.3 Å². The number of fused-ring (bicyclic) bond motifs is 1. The zero-order chi connectivity index (χ0) is 32.2. The lowest BCUT2D eigenvalue weighted by Crippen LogP contribution is -2.43. The number of nitrogens with one attached hydrogen (secondary N) is 4. The lowest BCUT2D eigenvalue weighted by Gasteiger charge is -2.29. The number of carbonyl (C=O) groups excluding carboxylic acids is 3. The van der Waals surface area contributed by atoms with Gasteiger partial charge in [-0.3, -0.25) is 28.8 Å². The predicted molar refractivity (Wildman–Crippen MR) is 163 cm³/mol. The van der Waals surface area contributed by atoms with Gasteiger partial charge < -0.3 is 25.8 Å². The Kier molecular flexibility index (Phi) is 8.83. The smallest absolute Gasteiger partial charge is 0.266 e. The van der Waals surface area contributed by atoms with E-state index in [0.29, 0.717) is 28.2 Å². The van der Waals surface area contributed by atoms with E-state index in [-0.39, 0.29) is 50.0 Å². The molecule has 0 atom stereocenters. The first-order valence-electron chi connectivity index (χ1n) is 14.7.